The van der Waals surface area contributed by atoms with Crippen molar-refractivity contribution in [2.24, 2.45) is 0 Å². The van der Waals surface area contributed by atoms with Gasteiger partial charge in [-0.25, -0.2) is 0 Å². The fraction of sp³-hybridized carbons (Fsp3) is 1.00. The standard InChI is InChI=1S/C11H22N2/c1-9-8-11(6-7-12-9)13-10-4-2-3-5-10/h9-13H,2-8H2,1H3. The molecule has 2 heteroatoms. The van der Waals surface area contributed by atoms with Crippen LogP contribution in [0, 0.1) is 0 Å². The van der Waals surface area contributed by atoms with Crippen LogP contribution in [-0.4, -0.2) is 24.7 Å². The van der Waals surface area contributed by atoms with Gasteiger partial charge in [0.05, 0.1) is 0 Å². The van der Waals surface area contributed by atoms with E-state index in [0.29, 0.717) is 6.04 Å². The SMILES string of the molecule is CC1CC(NC2CCCC2)CCN1. The molecule has 2 aliphatic rings. The molecular formula is C11H22N2. The highest BCUT2D eigenvalue weighted by atomic mass is 15.0. The van der Waals surface area contributed by atoms with Crippen molar-refractivity contribution < 1.29 is 0 Å². The second-order valence-corrected chi connectivity index (χ2v) is 4.72. The van der Waals surface area contributed by atoms with Crippen LogP contribution in [-0.2, 0) is 0 Å². The Morgan fingerprint density at radius 1 is 1.08 bits per heavy atom. The van der Waals surface area contributed by atoms with Gasteiger partial charge in [0.1, 0.15) is 0 Å². The molecule has 1 heterocycles. The van der Waals surface area contributed by atoms with Gasteiger partial charge in [0.15, 0.2) is 0 Å². The Bertz CT molecular complexity index is 152. The Morgan fingerprint density at radius 3 is 2.54 bits per heavy atom. The van der Waals surface area contributed by atoms with E-state index in [2.05, 4.69) is 17.6 Å². The molecule has 13 heavy (non-hydrogen) atoms. The summed E-state index contributed by atoms with van der Waals surface area (Å²) in [5.74, 6) is 0. The maximum absolute atomic E-state index is 3.81. The minimum Gasteiger partial charge on any atom is -0.314 e. The first kappa shape index (κ1) is 9.47. The summed E-state index contributed by atoms with van der Waals surface area (Å²) < 4.78 is 0. The number of hydrogen-bond donors (Lipinski definition) is 2. The summed E-state index contributed by atoms with van der Waals surface area (Å²) in [6.07, 6.45) is 8.35. The molecule has 2 N–H and O–H groups in total. The molecule has 2 nitrogen and oxygen atoms in total. The minimum atomic E-state index is 0.715. The summed E-state index contributed by atoms with van der Waals surface area (Å²) in [7, 11) is 0. The van der Waals surface area contributed by atoms with Crippen molar-refractivity contribution in [2.75, 3.05) is 6.54 Å². The van der Waals surface area contributed by atoms with Crippen molar-refractivity contribution in [3.05, 3.63) is 0 Å². The maximum atomic E-state index is 3.81. The highest BCUT2D eigenvalue weighted by Gasteiger charge is 2.22. The van der Waals surface area contributed by atoms with Gasteiger partial charge in [-0.15, -0.1) is 0 Å². The third kappa shape index (κ3) is 2.68. The van der Waals surface area contributed by atoms with E-state index in [1.54, 1.807) is 0 Å². The topological polar surface area (TPSA) is 24.1 Å². The lowest BCUT2D eigenvalue weighted by molar-refractivity contribution is 0.306. The number of nitrogens with one attached hydrogen (secondary N) is 2. The van der Waals surface area contributed by atoms with Crippen LogP contribution in [0.2, 0.25) is 0 Å². The molecule has 2 rings (SSSR count). The predicted molar refractivity (Wildman–Crippen MR) is 55.9 cm³/mol. The van der Waals surface area contributed by atoms with E-state index >= 15 is 0 Å². The molecule has 0 bridgehead atoms. The zero-order valence-electron chi connectivity index (χ0n) is 8.68. The molecule has 76 valence electrons. The summed E-state index contributed by atoms with van der Waals surface area (Å²) in [5.41, 5.74) is 0. The molecule has 0 aromatic carbocycles. The highest BCUT2D eigenvalue weighted by molar-refractivity contribution is 4.84. The summed E-state index contributed by atoms with van der Waals surface area (Å²) in [6, 6.07) is 2.35. The van der Waals surface area contributed by atoms with Gasteiger partial charge in [0.2, 0.25) is 0 Å². The summed E-state index contributed by atoms with van der Waals surface area (Å²) in [6.45, 7) is 3.49. The monoisotopic (exact) mass is 182 g/mol. The minimum absolute atomic E-state index is 0.715. The van der Waals surface area contributed by atoms with E-state index in [4.69, 9.17) is 0 Å². The van der Waals surface area contributed by atoms with Crippen LogP contribution < -0.4 is 10.6 Å². The van der Waals surface area contributed by atoms with Gasteiger partial charge in [0.25, 0.3) is 0 Å². The predicted octanol–water partition coefficient (Wildman–Crippen LogP) is 1.66. The smallest absolute Gasteiger partial charge is 0.00964 e. The molecule has 0 amide bonds. The van der Waals surface area contributed by atoms with E-state index in [-0.39, 0.29) is 0 Å². The molecule has 2 fully saturated rings. The van der Waals surface area contributed by atoms with Crippen molar-refractivity contribution in [2.45, 2.75) is 63.6 Å². The van der Waals surface area contributed by atoms with E-state index in [0.717, 1.165) is 12.1 Å². The van der Waals surface area contributed by atoms with Crippen LogP contribution in [0.4, 0.5) is 0 Å². The average Bonchev–Trinajstić information content (AvgIpc) is 2.57. The zero-order chi connectivity index (χ0) is 9.10. The molecule has 0 aromatic rings. The highest BCUT2D eigenvalue weighted by Crippen LogP contribution is 2.20. The van der Waals surface area contributed by atoms with Crippen LogP contribution in [0.15, 0.2) is 0 Å². The summed E-state index contributed by atoms with van der Waals surface area (Å²) >= 11 is 0. The third-order valence-corrected chi connectivity index (χ3v) is 3.45. The Kier molecular flexibility index (Phi) is 3.23. The molecular weight excluding hydrogens is 160 g/mol. The lowest BCUT2D eigenvalue weighted by atomic mass is 9.99. The van der Waals surface area contributed by atoms with Gasteiger partial charge in [-0.2, -0.15) is 0 Å². The largest absolute Gasteiger partial charge is 0.314 e. The molecule has 0 spiro atoms. The average molecular weight is 182 g/mol. The van der Waals surface area contributed by atoms with Gasteiger partial charge in [-0.3, -0.25) is 0 Å². The van der Waals surface area contributed by atoms with Gasteiger partial charge in [-0.1, -0.05) is 12.8 Å². The fourth-order valence-electron chi connectivity index (χ4n) is 2.71. The molecule has 2 atom stereocenters. The Morgan fingerprint density at radius 2 is 1.85 bits per heavy atom. The zero-order valence-corrected chi connectivity index (χ0v) is 8.68. The van der Waals surface area contributed by atoms with Crippen LogP contribution in [0.25, 0.3) is 0 Å². The van der Waals surface area contributed by atoms with Crippen molar-refractivity contribution in [1.82, 2.24) is 10.6 Å². The molecule has 1 aliphatic heterocycles. The number of piperidine rings is 1. The van der Waals surface area contributed by atoms with Crippen LogP contribution in [0.3, 0.4) is 0 Å². The van der Waals surface area contributed by atoms with E-state index < -0.39 is 0 Å². The molecule has 2 unspecified atom stereocenters. The van der Waals surface area contributed by atoms with Crippen LogP contribution >= 0.6 is 0 Å². The Balaban J connectivity index is 1.73. The van der Waals surface area contributed by atoms with Gasteiger partial charge in [0, 0.05) is 18.1 Å². The first-order valence-electron chi connectivity index (χ1n) is 5.84. The van der Waals surface area contributed by atoms with Crippen LogP contribution in [0.1, 0.15) is 45.4 Å². The molecule has 1 saturated carbocycles. The summed E-state index contributed by atoms with van der Waals surface area (Å²) in [4.78, 5) is 0. The normalized spacial score (nSPS) is 36.7. The fourth-order valence-corrected chi connectivity index (χ4v) is 2.71. The van der Waals surface area contributed by atoms with Gasteiger partial charge >= 0.3 is 0 Å². The third-order valence-electron chi connectivity index (χ3n) is 3.45. The molecule has 0 radical (unpaired) electrons. The van der Waals surface area contributed by atoms with Crippen LogP contribution in [0.5, 0.6) is 0 Å². The molecule has 1 saturated heterocycles. The summed E-state index contributed by atoms with van der Waals surface area (Å²) in [5, 5.41) is 7.31. The van der Waals surface area contributed by atoms with Crippen molar-refractivity contribution in [3.8, 4) is 0 Å². The molecule has 0 aromatic heterocycles. The first-order valence-corrected chi connectivity index (χ1v) is 5.84. The van der Waals surface area contributed by atoms with E-state index in [1.807, 2.05) is 0 Å². The second kappa shape index (κ2) is 4.43. The number of hydrogen-bond acceptors (Lipinski definition) is 2. The number of rotatable bonds is 2. The molecule has 1 aliphatic carbocycles. The lowest BCUT2D eigenvalue weighted by Gasteiger charge is -2.31. The lowest BCUT2D eigenvalue weighted by Crippen LogP contribution is -2.47. The van der Waals surface area contributed by atoms with Crippen molar-refractivity contribution in [1.29, 1.82) is 0 Å². The van der Waals surface area contributed by atoms with E-state index in [1.165, 1.54) is 45.1 Å². The maximum Gasteiger partial charge on any atom is 0.00964 e. The van der Waals surface area contributed by atoms with Crippen molar-refractivity contribution >= 4 is 0 Å². The first-order chi connectivity index (χ1) is 6.34. The second-order valence-electron chi connectivity index (χ2n) is 4.72. The van der Waals surface area contributed by atoms with E-state index in [9.17, 15) is 0 Å². The van der Waals surface area contributed by atoms with Gasteiger partial charge in [-0.05, 0) is 39.2 Å². The Labute approximate surface area is 81.5 Å². The quantitative estimate of drug-likeness (QED) is 0.678. The van der Waals surface area contributed by atoms with Gasteiger partial charge < -0.3 is 10.6 Å². The van der Waals surface area contributed by atoms with Crippen molar-refractivity contribution in [3.63, 3.8) is 0 Å². The Hall–Kier alpha value is -0.0800.